The number of ketones is 1. The maximum absolute atomic E-state index is 12.0. The average molecular weight is 235 g/mol. The van der Waals surface area contributed by atoms with Crippen molar-refractivity contribution in [2.75, 3.05) is 13.7 Å². The Hall–Kier alpha value is -1.35. The Labute approximate surface area is 103 Å². The van der Waals surface area contributed by atoms with Crippen molar-refractivity contribution in [3.8, 4) is 5.75 Å². The molecular formula is C14H21NO2. The van der Waals surface area contributed by atoms with Crippen molar-refractivity contribution in [1.29, 1.82) is 0 Å². The summed E-state index contributed by atoms with van der Waals surface area (Å²) in [5.74, 6) is 0.956. The van der Waals surface area contributed by atoms with Crippen molar-refractivity contribution >= 4 is 5.78 Å². The summed E-state index contributed by atoms with van der Waals surface area (Å²) in [5, 5.41) is 3.14. The topological polar surface area (TPSA) is 38.3 Å². The number of benzene rings is 1. The van der Waals surface area contributed by atoms with Gasteiger partial charge in [-0.2, -0.15) is 0 Å². The second kappa shape index (κ2) is 5.82. The van der Waals surface area contributed by atoms with Gasteiger partial charge in [0.1, 0.15) is 5.75 Å². The lowest BCUT2D eigenvalue weighted by Gasteiger charge is -2.13. The molecule has 1 N–H and O–H groups in total. The first-order valence-electron chi connectivity index (χ1n) is 5.88. The third kappa shape index (κ3) is 3.30. The smallest absolute Gasteiger partial charge is 0.176 e. The maximum atomic E-state index is 12.0. The van der Waals surface area contributed by atoms with Gasteiger partial charge in [-0.05, 0) is 37.1 Å². The van der Waals surface area contributed by atoms with Gasteiger partial charge in [0, 0.05) is 11.6 Å². The second-order valence-corrected chi connectivity index (χ2v) is 4.52. The largest absolute Gasteiger partial charge is 0.496 e. The molecule has 94 valence electrons. The van der Waals surface area contributed by atoms with Gasteiger partial charge < -0.3 is 10.1 Å². The first-order chi connectivity index (χ1) is 7.97. The molecule has 3 nitrogen and oxygen atoms in total. The van der Waals surface area contributed by atoms with Crippen LogP contribution in [0.15, 0.2) is 12.1 Å². The van der Waals surface area contributed by atoms with Gasteiger partial charge >= 0.3 is 0 Å². The summed E-state index contributed by atoms with van der Waals surface area (Å²) in [5.41, 5.74) is 2.80. The fourth-order valence-electron chi connectivity index (χ4n) is 1.71. The van der Waals surface area contributed by atoms with Crippen molar-refractivity contribution in [3.63, 3.8) is 0 Å². The lowest BCUT2D eigenvalue weighted by molar-refractivity contribution is 0.0988. The molecule has 0 fully saturated rings. The van der Waals surface area contributed by atoms with Crippen molar-refractivity contribution in [1.82, 2.24) is 5.32 Å². The number of hydrogen-bond donors (Lipinski definition) is 1. The van der Waals surface area contributed by atoms with E-state index in [1.807, 2.05) is 39.8 Å². The van der Waals surface area contributed by atoms with Crippen LogP contribution in [0.4, 0.5) is 0 Å². The van der Waals surface area contributed by atoms with Crippen LogP contribution in [0.5, 0.6) is 5.75 Å². The van der Waals surface area contributed by atoms with Gasteiger partial charge in [-0.3, -0.25) is 4.79 Å². The monoisotopic (exact) mass is 235 g/mol. The number of hydrogen-bond acceptors (Lipinski definition) is 3. The summed E-state index contributed by atoms with van der Waals surface area (Å²) in [6, 6.07) is 4.01. The molecule has 0 saturated carbocycles. The molecule has 0 aliphatic rings. The van der Waals surface area contributed by atoms with Crippen LogP contribution in [0.25, 0.3) is 0 Å². The van der Waals surface area contributed by atoms with E-state index < -0.39 is 0 Å². The van der Waals surface area contributed by atoms with Gasteiger partial charge in [0.2, 0.25) is 0 Å². The first kappa shape index (κ1) is 13.7. The predicted molar refractivity (Wildman–Crippen MR) is 69.9 cm³/mol. The van der Waals surface area contributed by atoms with E-state index in [1.165, 1.54) is 0 Å². The minimum Gasteiger partial charge on any atom is -0.496 e. The average Bonchev–Trinajstić information content (AvgIpc) is 2.29. The minimum atomic E-state index is 0.127. The molecule has 3 heteroatoms. The van der Waals surface area contributed by atoms with E-state index in [9.17, 15) is 4.79 Å². The zero-order valence-electron chi connectivity index (χ0n) is 11.3. The fraction of sp³-hybridized carbons (Fsp3) is 0.500. The zero-order valence-corrected chi connectivity index (χ0v) is 11.3. The van der Waals surface area contributed by atoms with Gasteiger partial charge in [-0.25, -0.2) is 0 Å². The second-order valence-electron chi connectivity index (χ2n) is 4.52. The van der Waals surface area contributed by atoms with E-state index in [0.29, 0.717) is 12.6 Å². The van der Waals surface area contributed by atoms with Crippen molar-refractivity contribution < 1.29 is 9.53 Å². The quantitative estimate of drug-likeness (QED) is 0.797. The summed E-state index contributed by atoms with van der Waals surface area (Å²) in [7, 11) is 1.64. The van der Waals surface area contributed by atoms with E-state index in [0.717, 1.165) is 22.4 Å². The Morgan fingerprint density at radius 2 is 1.94 bits per heavy atom. The lowest BCUT2D eigenvalue weighted by atomic mass is 9.99. The van der Waals surface area contributed by atoms with E-state index in [1.54, 1.807) is 7.11 Å². The van der Waals surface area contributed by atoms with Crippen molar-refractivity contribution in [2.24, 2.45) is 0 Å². The van der Waals surface area contributed by atoms with Crippen LogP contribution in [0.2, 0.25) is 0 Å². The number of carbonyl (C=O) groups excluding carboxylic acids is 1. The molecule has 0 atom stereocenters. The third-order valence-corrected chi connectivity index (χ3v) is 2.93. The summed E-state index contributed by atoms with van der Waals surface area (Å²) < 4.78 is 5.23. The number of nitrogens with one attached hydrogen (secondary N) is 1. The van der Waals surface area contributed by atoms with Crippen molar-refractivity contribution in [3.05, 3.63) is 28.8 Å². The lowest BCUT2D eigenvalue weighted by Crippen LogP contribution is -2.29. The minimum absolute atomic E-state index is 0.127. The Kier molecular flexibility index (Phi) is 4.70. The van der Waals surface area contributed by atoms with Crippen molar-refractivity contribution in [2.45, 2.75) is 33.7 Å². The summed E-state index contributed by atoms with van der Waals surface area (Å²) in [4.78, 5) is 12.0. The van der Waals surface area contributed by atoms with E-state index >= 15 is 0 Å². The number of rotatable bonds is 5. The summed E-state index contributed by atoms with van der Waals surface area (Å²) in [6.45, 7) is 8.37. The Morgan fingerprint density at radius 1 is 1.29 bits per heavy atom. The molecule has 0 unspecified atom stereocenters. The summed E-state index contributed by atoms with van der Waals surface area (Å²) >= 11 is 0. The van der Waals surface area contributed by atoms with Gasteiger partial charge in [0.25, 0.3) is 0 Å². The molecule has 1 rings (SSSR count). The van der Waals surface area contributed by atoms with Crippen LogP contribution in [0.3, 0.4) is 0 Å². The molecular weight excluding hydrogens is 214 g/mol. The summed E-state index contributed by atoms with van der Waals surface area (Å²) in [6.07, 6.45) is 0. The first-order valence-corrected chi connectivity index (χ1v) is 5.88. The molecule has 0 aliphatic carbocycles. The molecule has 0 amide bonds. The molecule has 0 heterocycles. The highest BCUT2D eigenvalue weighted by Crippen LogP contribution is 2.24. The van der Waals surface area contributed by atoms with Crippen LogP contribution in [-0.2, 0) is 0 Å². The molecule has 0 saturated heterocycles. The fourth-order valence-corrected chi connectivity index (χ4v) is 1.71. The van der Waals surface area contributed by atoms with Gasteiger partial charge in [-0.15, -0.1) is 0 Å². The predicted octanol–water partition coefficient (Wildman–Crippen LogP) is 2.49. The van der Waals surface area contributed by atoms with Gasteiger partial charge in [-0.1, -0.05) is 13.8 Å². The molecule has 0 aliphatic heterocycles. The van der Waals surface area contributed by atoms with E-state index in [4.69, 9.17) is 4.74 Å². The Bertz CT molecular complexity index is 411. The highest BCUT2D eigenvalue weighted by Gasteiger charge is 2.13. The zero-order chi connectivity index (χ0) is 13.0. The highest BCUT2D eigenvalue weighted by molar-refractivity contribution is 5.99. The van der Waals surface area contributed by atoms with Crippen LogP contribution in [0.1, 0.15) is 35.3 Å². The van der Waals surface area contributed by atoms with E-state index in [-0.39, 0.29) is 5.78 Å². The number of methoxy groups -OCH3 is 1. The molecule has 0 radical (unpaired) electrons. The number of carbonyl (C=O) groups is 1. The van der Waals surface area contributed by atoms with E-state index in [2.05, 4.69) is 5.32 Å². The van der Waals surface area contributed by atoms with Crippen LogP contribution < -0.4 is 10.1 Å². The van der Waals surface area contributed by atoms with Crippen LogP contribution in [-0.4, -0.2) is 25.5 Å². The number of ether oxygens (including phenoxy) is 1. The Balaban J connectivity index is 2.92. The van der Waals surface area contributed by atoms with Gasteiger partial charge in [0.05, 0.1) is 13.7 Å². The Morgan fingerprint density at radius 3 is 2.47 bits per heavy atom. The standard InChI is InChI=1S/C14H21NO2/c1-9(2)15-8-13(16)12-6-7-14(17-5)11(4)10(12)3/h6-7,9,15H,8H2,1-5H3. The molecule has 1 aromatic carbocycles. The SMILES string of the molecule is COc1ccc(C(=O)CNC(C)C)c(C)c1C. The molecule has 17 heavy (non-hydrogen) atoms. The molecule has 0 aromatic heterocycles. The van der Waals surface area contributed by atoms with Gasteiger partial charge in [0.15, 0.2) is 5.78 Å². The molecule has 0 spiro atoms. The maximum Gasteiger partial charge on any atom is 0.176 e. The van der Waals surface area contributed by atoms with Crippen LogP contribution in [0, 0.1) is 13.8 Å². The molecule has 1 aromatic rings. The highest BCUT2D eigenvalue weighted by atomic mass is 16.5. The number of Topliss-reactive ketones (excluding diaryl/α,β-unsaturated/α-hetero) is 1. The third-order valence-electron chi connectivity index (χ3n) is 2.93. The normalized spacial score (nSPS) is 10.7. The van der Waals surface area contributed by atoms with Crippen LogP contribution >= 0.6 is 0 Å². The molecule has 0 bridgehead atoms.